The van der Waals surface area contributed by atoms with Crippen LogP contribution in [-0.4, -0.2) is 25.7 Å². The first-order chi connectivity index (χ1) is 8.34. The molecule has 0 saturated carbocycles. The van der Waals surface area contributed by atoms with Crippen LogP contribution in [0.1, 0.15) is 23.2 Å². The predicted molar refractivity (Wildman–Crippen MR) is 62.5 cm³/mol. The van der Waals surface area contributed by atoms with Crippen LogP contribution in [0.3, 0.4) is 0 Å². The molecular formula is C13H15NO3. The molecule has 1 aromatic rings. The highest BCUT2D eigenvalue weighted by atomic mass is 16.7. The summed E-state index contributed by atoms with van der Waals surface area (Å²) in [6.07, 6.45) is 2.04. The molecule has 2 aliphatic rings. The fraction of sp³-hybridized carbons (Fsp3) is 0.462. The van der Waals surface area contributed by atoms with E-state index >= 15 is 0 Å². The molecule has 2 heterocycles. The van der Waals surface area contributed by atoms with Crippen LogP contribution in [0.15, 0.2) is 18.2 Å². The zero-order valence-corrected chi connectivity index (χ0v) is 9.57. The molecule has 1 unspecified atom stereocenters. The molecular weight excluding hydrogens is 218 g/mol. The first kappa shape index (κ1) is 10.6. The lowest BCUT2D eigenvalue weighted by Gasteiger charge is -2.21. The molecule has 0 aromatic heterocycles. The van der Waals surface area contributed by atoms with Crippen molar-refractivity contribution in [3.63, 3.8) is 0 Å². The summed E-state index contributed by atoms with van der Waals surface area (Å²) in [4.78, 5) is 12.3. The van der Waals surface area contributed by atoms with Crippen LogP contribution in [0, 0.1) is 5.92 Å². The van der Waals surface area contributed by atoms with E-state index in [1.54, 1.807) is 6.07 Å². The summed E-state index contributed by atoms with van der Waals surface area (Å²) >= 11 is 0. The van der Waals surface area contributed by atoms with Gasteiger partial charge in [-0.3, -0.25) is 4.79 Å². The van der Waals surface area contributed by atoms with Gasteiger partial charge >= 0.3 is 0 Å². The van der Waals surface area contributed by atoms with Gasteiger partial charge in [0, 0.05) is 18.0 Å². The Morgan fingerprint density at radius 3 is 3.00 bits per heavy atom. The number of hydrogen-bond acceptors (Lipinski definition) is 4. The zero-order valence-electron chi connectivity index (χ0n) is 9.57. The van der Waals surface area contributed by atoms with Crippen LogP contribution in [0.4, 0.5) is 0 Å². The van der Waals surface area contributed by atoms with E-state index in [1.165, 1.54) is 0 Å². The van der Waals surface area contributed by atoms with Gasteiger partial charge in [-0.15, -0.1) is 0 Å². The van der Waals surface area contributed by atoms with Crippen molar-refractivity contribution < 1.29 is 14.3 Å². The predicted octanol–water partition coefficient (Wildman–Crippen LogP) is 1.60. The largest absolute Gasteiger partial charge is 0.454 e. The van der Waals surface area contributed by atoms with E-state index in [1.807, 2.05) is 12.1 Å². The Balaban J connectivity index is 1.81. The van der Waals surface area contributed by atoms with Crippen LogP contribution in [0.2, 0.25) is 0 Å². The first-order valence-electron chi connectivity index (χ1n) is 5.99. The Morgan fingerprint density at radius 1 is 1.29 bits per heavy atom. The van der Waals surface area contributed by atoms with E-state index in [9.17, 15) is 4.79 Å². The molecule has 1 aromatic carbocycles. The smallest absolute Gasteiger partial charge is 0.231 e. The van der Waals surface area contributed by atoms with Gasteiger partial charge in [0.2, 0.25) is 6.79 Å². The second-order valence-electron chi connectivity index (χ2n) is 4.48. The highest BCUT2D eigenvalue weighted by Gasteiger charge is 2.24. The summed E-state index contributed by atoms with van der Waals surface area (Å²) < 4.78 is 10.5. The third-order valence-electron chi connectivity index (χ3n) is 3.32. The SMILES string of the molecule is O=C(c1ccc2c(c1)OCO2)C1CCCNC1. The molecule has 3 rings (SSSR count). The quantitative estimate of drug-likeness (QED) is 0.788. The van der Waals surface area contributed by atoms with Gasteiger partial charge in [0.05, 0.1) is 0 Å². The van der Waals surface area contributed by atoms with E-state index in [2.05, 4.69) is 5.32 Å². The summed E-state index contributed by atoms with van der Waals surface area (Å²) in [7, 11) is 0. The number of carbonyl (C=O) groups is 1. The van der Waals surface area contributed by atoms with Gasteiger partial charge in [0.15, 0.2) is 17.3 Å². The Morgan fingerprint density at radius 2 is 2.18 bits per heavy atom. The van der Waals surface area contributed by atoms with Crippen molar-refractivity contribution in [2.24, 2.45) is 5.92 Å². The monoisotopic (exact) mass is 233 g/mol. The van der Waals surface area contributed by atoms with E-state index < -0.39 is 0 Å². The molecule has 0 spiro atoms. The number of ketones is 1. The summed E-state index contributed by atoms with van der Waals surface area (Å²) in [6, 6.07) is 5.43. The summed E-state index contributed by atoms with van der Waals surface area (Å²) in [5, 5.41) is 3.26. The minimum atomic E-state index is 0.101. The number of rotatable bonds is 2. The molecule has 1 N–H and O–H groups in total. The second-order valence-corrected chi connectivity index (χ2v) is 4.48. The molecule has 0 bridgehead atoms. The number of fused-ring (bicyclic) bond motifs is 1. The van der Waals surface area contributed by atoms with Crippen LogP contribution in [0.25, 0.3) is 0 Å². The highest BCUT2D eigenvalue weighted by Crippen LogP contribution is 2.33. The lowest BCUT2D eigenvalue weighted by molar-refractivity contribution is 0.0899. The van der Waals surface area contributed by atoms with Crippen molar-refractivity contribution in [3.8, 4) is 11.5 Å². The molecule has 1 fully saturated rings. The summed E-state index contributed by atoms with van der Waals surface area (Å²) in [5.41, 5.74) is 0.725. The fourth-order valence-electron chi connectivity index (χ4n) is 2.36. The maximum atomic E-state index is 12.3. The van der Waals surface area contributed by atoms with Crippen molar-refractivity contribution in [1.82, 2.24) is 5.32 Å². The van der Waals surface area contributed by atoms with Crippen molar-refractivity contribution >= 4 is 5.78 Å². The number of nitrogens with one attached hydrogen (secondary N) is 1. The number of benzene rings is 1. The molecule has 4 nitrogen and oxygen atoms in total. The molecule has 2 aliphatic heterocycles. The van der Waals surface area contributed by atoms with Gasteiger partial charge in [0.1, 0.15) is 0 Å². The van der Waals surface area contributed by atoms with Gasteiger partial charge in [-0.2, -0.15) is 0 Å². The van der Waals surface area contributed by atoms with Crippen LogP contribution in [0.5, 0.6) is 11.5 Å². The Bertz CT molecular complexity index is 438. The average molecular weight is 233 g/mol. The Labute approximate surface area is 99.9 Å². The number of hydrogen-bond donors (Lipinski definition) is 1. The first-order valence-corrected chi connectivity index (χ1v) is 5.99. The molecule has 1 atom stereocenters. The van der Waals surface area contributed by atoms with Gasteiger partial charge in [-0.05, 0) is 37.6 Å². The maximum absolute atomic E-state index is 12.3. The molecule has 0 amide bonds. The lowest BCUT2D eigenvalue weighted by Crippen LogP contribution is -2.34. The van der Waals surface area contributed by atoms with E-state index in [0.717, 1.165) is 37.2 Å². The normalized spacial score (nSPS) is 22.5. The lowest BCUT2D eigenvalue weighted by atomic mass is 9.91. The molecule has 4 heteroatoms. The topological polar surface area (TPSA) is 47.6 Å². The fourth-order valence-corrected chi connectivity index (χ4v) is 2.36. The van der Waals surface area contributed by atoms with Gasteiger partial charge in [0.25, 0.3) is 0 Å². The third kappa shape index (κ3) is 2.00. The summed E-state index contributed by atoms with van der Waals surface area (Å²) in [6.45, 7) is 2.05. The highest BCUT2D eigenvalue weighted by molar-refractivity contribution is 5.98. The van der Waals surface area contributed by atoms with Crippen molar-refractivity contribution in [2.45, 2.75) is 12.8 Å². The maximum Gasteiger partial charge on any atom is 0.231 e. The van der Waals surface area contributed by atoms with Crippen LogP contribution < -0.4 is 14.8 Å². The van der Waals surface area contributed by atoms with Crippen LogP contribution >= 0.6 is 0 Å². The minimum absolute atomic E-state index is 0.101. The van der Waals surface area contributed by atoms with Crippen molar-refractivity contribution in [3.05, 3.63) is 23.8 Å². The Hall–Kier alpha value is -1.55. The standard InChI is InChI=1S/C13H15NO3/c15-13(10-2-1-5-14-7-10)9-3-4-11-12(6-9)17-8-16-11/h3-4,6,10,14H,1-2,5,7-8H2. The number of ether oxygens (including phenoxy) is 2. The Kier molecular flexibility index (Phi) is 2.73. The van der Waals surface area contributed by atoms with Crippen molar-refractivity contribution in [1.29, 1.82) is 0 Å². The second kappa shape index (κ2) is 4.37. The molecule has 0 radical (unpaired) electrons. The number of carbonyl (C=O) groups excluding carboxylic acids is 1. The van der Waals surface area contributed by atoms with E-state index in [0.29, 0.717) is 5.75 Å². The molecule has 0 aliphatic carbocycles. The van der Waals surface area contributed by atoms with Crippen LogP contribution in [-0.2, 0) is 0 Å². The third-order valence-corrected chi connectivity index (χ3v) is 3.32. The molecule has 90 valence electrons. The van der Waals surface area contributed by atoms with E-state index in [4.69, 9.17) is 9.47 Å². The van der Waals surface area contributed by atoms with Gasteiger partial charge in [-0.25, -0.2) is 0 Å². The van der Waals surface area contributed by atoms with E-state index in [-0.39, 0.29) is 18.5 Å². The van der Waals surface area contributed by atoms with Gasteiger partial charge < -0.3 is 14.8 Å². The minimum Gasteiger partial charge on any atom is -0.454 e. The molecule has 1 saturated heterocycles. The zero-order chi connectivity index (χ0) is 11.7. The van der Waals surface area contributed by atoms with Crippen molar-refractivity contribution in [2.75, 3.05) is 19.9 Å². The number of piperidine rings is 1. The average Bonchev–Trinajstić information content (AvgIpc) is 2.86. The van der Waals surface area contributed by atoms with Gasteiger partial charge in [-0.1, -0.05) is 0 Å². The summed E-state index contributed by atoms with van der Waals surface area (Å²) in [5.74, 6) is 1.71. The number of Topliss-reactive ketones (excluding diaryl/α,β-unsaturated/α-hetero) is 1. The molecule has 17 heavy (non-hydrogen) atoms.